The molecular formula is C19H24FN2OS+. The summed E-state index contributed by atoms with van der Waals surface area (Å²) in [6, 6.07) is 16.4. The Morgan fingerprint density at radius 2 is 1.79 bits per heavy atom. The van der Waals surface area contributed by atoms with E-state index in [0.29, 0.717) is 12.2 Å². The molecule has 2 aromatic rings. The second-order valence-electron chi connectivity index (χ2n) is 5.99. The van der Waals surface area contributed by atoms with Crippen molar-refractivity contribution in [1.29, 1.82) is 0 Å². The number of hydrogen-bond donors (Lipinski definition) is 2. The van der Waals surface area contributed by atoms with Crippen molar-refractivity contribution in [2.75, 3.05) is 26.4 Å². The summed E-state index contributed by atoms with van der Waals surface area (Å²) in [6.07, 6.45) is 0.439. The van der Waals surface area contributed by atoms with Crippen molar-refractivity contribution in [3.05, 3.63) is 66.0 Å². The van der Waals surface area contributed by atoms with Gasteiger partial charge in [-0.3, -0.25) is 4.79 Å². The third-order valence-corrected chi connectivity index (χ3v) is 4.57. The number of carbonyl (C=O) groups excluding carboxylic acids is 1. The van der Waals surface area contributed by atoms with Crippen LogP contribution in [-0.4, -0.2) is 32.3 Å². The molecule has 0 spiro atoms. The highest BCUT2D eigenvalue weighted by molar-refractivity contribution is 7.99. The lowest BCUT2D eigenvalue weighted by Gasteiger charge is -2.20. The number of carbonyl (C=O) groups is 1. The Hall–Kier alpha value is -1.85. The van der Waals surface area contributed by atoms with E-state index < -0.39 is 0 Å². The molecule has 0 aliphatic rings. The number of hydrogen-bond acceptors (Lipinski definition) is 2. The molecule has 0 saturated heterocycles. The number of nitrogens with one attached hydrogen (secondary N) is 2. The van der Waals surface area contributed by atoms with Crippen LogP contribution in [0.5, 0.6) is 0 Å². The van der Waals surface area contributed by atoms with Gasteiger partial charge in [0.05, 0.1) is 14.1 Å². The van der Waals surface area contributed by atoms with Crippen LogP contribution >= 0.6 is 11.8 Å². The predicted molar refractivity (Wildman–Crippen MR) is 96.7 cm³/mol. The van der Waals surface area contributed by atoms with Gasteiger partial charge >= 0.3 is 0 Å². The maximum atomic E-state index is 12.9. The summed E-state index contributed by atoms with van der Waals surface area (Å²) in [5.41, 5.74) is 1.12. The van der Waals surface area contributed by atoms with E-state index in [1.54, 1.807) is 23.9 Å². The molecule has 0 unspecified atom stereocenters. The third kappa shape index (κ3) is 6.34. The monoisotopic (exact) mass is 347 g/mol. The molecule has 0 heterocycles. The molecule has 3 nitrogen and oxygen atoms in total. The molecular weight excluding hydrogens is 323 g/mol. The molecule has 0 aromatic heterocycles. The number of rotatable bonds is 8. The van der Waals surface area contributed by atoms with Gasteiger partial charge in [-0.05, 0) is 29.8 Å². The zero-order valence-corrected chi connectivity index (χ0v) is 14.9. The Morgan fingerprint density at radius 1 is 1.12 bits per heavy atom. The van der Waals surface area contributed by atoms with Crippen LogP contribution in [0.2, 0.25) is 0 Å². The van der Waals surface area contributed by atoms with Crippen LogP contribution in [0.3, 0.4) is 0 Å². The lowest BCUT2D eigenvalue weighted by Crippen LogP contribution is -3.06. The molecule has 0 aliphatic carbocycles. The summed E-state index contributed by atoms with van der Waals surface area (Å²) in [5.74, 6) is 0.474. The van der Waals surface area contributed by atoms with Gasteiger partial charge < -0.3 is 10.2 Å². The standard InChI is InChI=1S/C19H23FN2OS/c1-22(2)14-18(15-6-4-3-5-7-15)21-19(23)12-13-24-17-10-8-16(20)9-11-17/h3-11,18H,12-14H2,1-2H3,(H,21,23)/p+1/t18-/m1/s1. The Morgan fingerprint density at radius 3 is 2.42 bits per heavy atom. The van der Waals surface area contributed by atoms with Crippen molar-refractivity contribution in [3.8, 4) is 0 Å². The number of likely N-dealkylation sites (N-methyl/N-ethyl adjacent to an activating group) is 1. The average Bonchev–Trinajstić information content (AvgIpc) is 2.56. The smallest absolute Gasteiger partial charge is 0.221 e. The number of halogens is 1. The first-order chi connectivity index (χ1) is 11.5. The zero-order valence-electron chi connectivity index (χ0n) is 14.1. The summed E-state index contributed by atoms with van der Waals surface area (Å²) in [6.45, 7) is 0.834. The second kappa shape index (κ2) is 9.45. The number of quaternary nitrogens is 1. The van der Waals surface area contributed by atoms with Crippen LogP contribution in [-0.2, 0) is 4.79 Å². The largest absolute Gasteiger partial charge is 0.344 e. The van der Waals surface area contributed by atoms with E-state index in [1.165, 1.54) is 17.0 Å². The van der Waals surface area contributed by atoms with Gasteiger partial charge in [0.1, 0.15) is 18.4 Å². The molecule has 0 fully saturated rings. The Balaban J connectivity index is 1.85. The summed E-state index contributed by atoms with van der Waals surface area (Å²) in [4.78, 5) is 14.5. The molecule has 5 heteroatoms. The van der Waals surface area contributed by atoms with Gasteiger partial charge in [-0.2, -0.15) is 0 Å². The summed E-state index contributed by atoms with van der Waals surface area (Å²) < 4.78 is 12.9. The highest BCUT2D eigenvalue weighted by Gasteiger charge is 2.17. The highest BCUT2D eigenvalue weighted by atomic mass is 32.2. The summed E-state index contributed by atoms with van der Waals surface area (Å²) in [7, 11) is 4.15. The second-order valence-corrected chi connectivity index (χ2v) is 7.16. The lowest BCUT2D eigenvalue weighted by atomic mass is 10.1. The molecule has 2 rings (SSSR count). The molecule has 128 valence electrons. The maximum absolute atomic E-state index is 12.9. The SMILES string of the molecule is C[NH+](C)C[C@@H](NC(=O)CCSc1ccc(F)cc1)c1ccccc1. The van der Waals surface area contributed by atoms with E-state index in [9.17, 15) is 9.18 Å². The molecule has 1 atom stereocenters. The van der Waals surface area contributed by atoms with Crippen molar-refractivity contribution in [1.82, 2.24) is 5.32 Å². The molecule has 0 bridgehead atoms. The minimum Gasteiger partial charge on any atom is -0.344 e. The molecule has 24 heavy (non-hydrogen) atoms. The first-order valence-electron chi connectivity index (χ1n) is 8.06. The number of benzene rings is 2. The molecule has 0 aliphatic heterocycles. The van der Waals surface area contributed by atoms with Gasteiger partial charge in [0.2, 0.25) is 5.91 Å². The average molecular weight is 347 g/mol. The van der Waals surface area contributed by atoms with Crippen molar-refractivity contribution >= 4 is 17.7 Å². The first kappa shape index (κ1) is 18.5. The van der Waals surface area contributed by atoms with Crippen LogP contribution in [0.1, 0.15) is 18.0 Å². The summed E-state index contributed by atoms with van der Waals surface area (Å²) in [5, 5.41) is 3.13. The fourth-order valence-corrected chi connectivity index (χ4v) is 3.26. The van der Waals surface area contributed by atoms with Crippen molar-refractivity contribution < 1.29 is 14.1 Å². The third-order valence-electron chi connectivity index (χ3n) is 3.56. The molecule has 1 amide bonds. The fourth-order valence-electron chi connectivity index (χ4n) is 2.40. The van der Waals surface area contributed by atoms with Gasteiger partial charge in [0.25, 0.3) is 0 Å². The van der Waals surface area contributed by atoms with E-state index in [1.807, 2.05) is 30.3 Å². The van der Waals surface area contributed by atoms with Crippen LogP contribution in [0.25, 0.3) is 0 Å². The number of thioether (sulfide) groups is 1. The quantitative estimate of drug-likeness (QED) is 0.719. The van der Waals surface area contributed by atoms with Gasteiger partial charge in [-0.25, -0.2) is 4.39 Å². The molecule has 0 saturated carbocycles. The molecule has 2 N–H and O–H groups in total. The van der Waals surface area contributed by atoms with Gasteiger partial charge in [-0.15, -0.1) is 11.8 Å². The van der Waals surface area contributed by atoms with Gasteiger partial charge in [0.15, 0.2) is 0 Å². The fraction of sp³-hybridized carbons (Fsp3) is 0.316. The highest BCUT2D eigenvalue weighted by Crippen LogP contribution is 2.19. The molecule has 2 aromatic carbocycles. The van der Waals surface area contributed by atoms with E-state index in [2.05, 4.69) is 19.4 Å². The maximum Gasteiger partial charge on any atom is 0.221 e. The van der Waals surface area contributed by atoms with E-state index in [-0.39, 0.29) is 17.8 Å². The zero-order chi connectivity index (χ0) is 17.4. The summed E-state index contributed by atoms with van der Waals surface area (Å²) >= 11 is 1.56. The van der Waals surface area contributed by atoms with Crippen molar-refractivity contribution in [3.63, 3.8) is 0 Å². The minimum absolute atomic E-state index is 0.0134. The Bertz CT molecular complexity index is 632. The Kier molecular flexibility index (Phi) is 7.28. The van der Waals surface area contributed by atoms with Crippen LogP contribution in [0.4, 0.5) is 4.39 Å². The van der Waals surface area contributed by atoms with Crippen LogP contribution in [0, 0.1) is 5.82 Å². The normalized spacial score (nSPS) is 12.2. The van der Waals surface area contributed by atoms with Crippen LogP contribution in [0.15, 0.2) is 59.5 Å². The van der Waals surface area contributed by atoms with Gasteiger partial charge in [-0.1, -0.05) is 30.3 Å². The minimum atomic E-state index is -0.242. The lowest BCUT2D eigenvalue weighted by molar-refractivity contribution is -0.860. The predicted octanol–water partition coefficient (Wildman–Crippen LogP) is 2.31. The van der Waals surface area contributed by atoms with Crippen molar-refractivity contribution in [2.24, 2.45) is 0 Å². The van der Waals surface area contributed by atoms with Gasteiger partial charge in [0, 0.05) is 17.1 Å². The molecule has 0 radical (unpaired) electrons. The topological polar surface area (TPSA) is 33.5 Å². The van der Waals surface area contributed by atoms with E-state index in [4.69, 9.17) is 0 Å². The first-order valence-corrected chi connectivity index (χ1v) is 9.05. The van der Waals surface area contributed by atoms with Crippen LogP contribution < -0.4 is 10.2 Å². The number of amides is 1. The van der Waals surface area contributed by atoms with E-state index in [0.717, 1.165) is 17.0 Å². The Labute approximate surface area is 147 Å². The van der Waals surface area contributed by atoms with Crippen molar-refractivity contribution in [2.45, 2.75) is 17.4 Å². The van der Waals surface area contributed by atoms with E-state index >= 15 is 0 Å².